The van der Waals surface area contributed by atoms with E-state index >= 15 is 0 Å². The Labute approximate surface area is 230 Å². The fourth-order valence-electron chi connectivity index (χ4n) is 4.68. The number of hydrogen-bond donors (Lipinski definition) is 1. The number of carbonyl (C=O) groups is 3. The van der Waals surface area contributed by atoms with Crippen molar-refractivity contribution in [2.75, 3.05) is 19.5 Å². The van der Waals surface area contributed by atoms with Crippen molar-refractivity contribution in [1.82, 2.24) is 10.2 Å². The molecular formula is C30H28N2O6S. The lowest BCUT2D eigenvalue weighted by atomic mass is 9.98. The number of ether oxygens (including phenoxy) is 3. The second-order valence-corrected chi connectivity index (χ2v) is 10.2. The molecule has 1 N–H and O–H groups in total. The Hall–Kier alpha value is -4.08. The molecule has 1 saturated heterocycles. The Morgan fingerprint density at radius 2 is 1.54 bits per heavy atom. The summed E-state index contributed by atoms with van der Waals surface area (Å²) in [5.74, 6) is -0.688. The van der Waals surface area contributed by atoms with Crippen LogP contribution in [0.2, 0.25) is 0 Å². The largest absolute Gasteiger partial charge is 0.484 e. The van der Waals surface area contributed by atoms with Gasteiger partial charge in [-0.2, -0.15) is 0 Å². The van der Waals surface area contributed by atoms with E-state index in [1.54, 1.807) is 31.2 Å². The van der Waals surface area contributed by atoms with Crippen molar-refractivity contribution >= 4 is 29.5 Å². The molecule has 2 aliphatic heterocycles. The average Bonchev–Trinajstić information content (AvgIpc) is 2.98. The van der Waals surface area contributed by atoms with Crippen LogP contribution in [-0.2, 0) is 23.9 Å². The molecule has 8 nitrogen and oxygen atoms in total. The van der Waals surface area contributed by atoms with E-state index < -0.39 is 35.0 Å². The highest BCUT2D eigenvalue weighted by atomic mass is 32.2. The number of rotatable bonds is 9. The van der Waals surface area contributed by atoms with Crippen LogP contribution in [-0.4, -0.2) is 53.3 Å². The zero-order valence-corrected chi connectivity index (χ0v) is 22.4. The van der Waals surface area contributed by atoms with Crippen LogP contribution in [0.25, 0.3) is 0 Å². The summed E-state index contributed by atoms with van der Waals surface area (Å²) >= 11 is 1.40. The molecule has 200 valence electrons. The molecule has 0 aromatic heterocycles. The van der Waals surface area contributed by atoms with Gasteiger partial charge in [-0.3, -0.25) is 14.5 Å². The van der Waals surface area contributed by atoms with Crippen molar-refractivity contribution in [3.05, 3.63) is 113 Å². The lowest BCUT2D eigenvalue weighted by Gasteiger charge is -2.55. The molecule has 3 aromatic rings. The minimum atomic E-state index is -1.62. The fourth-order valence-corrected chi connectivity index (χ4v) is 6.06. The number of carbonyl (C=O) groups excluding carboxylic acids is 3. The molecule has 0 bridgehead atoms. The summed E-state index contributed by atoms with van der Waals surface area (Å²) in [4.78, 5) is 41.3. The molecule has 5 rings (SSSR count). The topological polar surface area (TPSA) is 94.2 Å². The summed E-state index contributed by atoms with van der Waals surface area (Å²) in [6, 6.07) is 27.8. The fraction of sp³-hybridized carbons (Fsp3) is 0.233. The van der Waals surface area contributed by atoms with Gasteiger partial charge in [0.25, 0.3) is 17.5 Å². The van der Waals surface area contributed by atoms with E-state index in [0.717, 1.165) is 11.1 Å². The Bertz CT molecular complexity index is 1340. The first-order valence-electron chi connectivity index (χ1n) is 12.4. The summed E-state index contributed by atoms with van der Waals surface area (Å²) in [5.41, 5.74) is 0.875. The Morgan fingerprint density at radius 3 is 2.10 bits per heavy atom. The van der Waals surface area contributed by atoms with E-state index in [1.165, 1.54) is 23.8 Å². The van der Waals surface area contributed by atoms with Crippen LogP contribution in [0.3, 0.4) is 0 Å². The van der Waals surface area contributed by atoms with E-state index in [9.17, 15) is 14.4 Å². The van der Waals surface area contributed by atoms with Gasteiger partial charge in [0.15, 0.2) is 12.7 Å². The third-order valence-corrected chi connectivity index (χ3v) is 8.06. The first-order valence-corrected chi connectivity index (χ1v) is 13.5. The van der Waals surface area contributed by atoms with Gasteiger partial charge in [0, 0.05) is 12.9 Å². The Morgan fingerprint density at radius 1 is 0.974 bits per heavy atom. The van der Waals surface area contributed by atoms with Gasteiger partial charge in [0.1, 0.15) is 16.8 Å². The van der Waals surface area contributed by atoms with Crippen molar-refractivity contribution in [2.24, 2.45) is 0 Å². The molecule has 9 heteroatoms. The summed E-state index contributed by atoms with van der Waals surface area (Å²) in [6.07, 6.45) is -0.661. The van der Waals surface area contributed by atoms with Crippen molar-refractivity contribution in [3.63, 3.8) is 0 Å². The molecule has 0 radical (unpaired) electrons. The summed E-state index contributed by atoms with van der Waals surface area (Å²) in [6.45, 7) is 1.51. The SMILES string of the molecule is CO[C@@]1(NC(=O)COc2ccccc2)C(=O)N2C(C(=O)OC(c3ccccc3)c3ccccc3)=C(C)CS[C@@H]21. The normalized spacial score (nSPS) is 20.2. The maximum atomic E-state index is 13.7. The van der Waals surface area contributed by atoms with Gasteiger partial charge in [-0.15, -0.1) is 11.8 Å². The Balaban J connectivity index is 1.34. The van der Waals surface area contributed by atoms with Crippen molar-refractivity contribution < 1.29 is 28.6 Å². The molecule has 1 fully saturated rings. The average molecular weight is 545 g/mol. The summed E-state index contributed by atoms with van der Waals surface area (Å²) in [5, 5.41) is 2.05. The quantitative estimate of drug-likeness (QED) is 0.247. The highest BCUT2D eigenvalue weighted by Gasteiger charge is 2.66. The van der Waals surface area contributed by atoms with Gasteiger partial charge in [0.2, 0.25) is 0 Å². The van der Waals surface area contributed by atoms with Gasteiger partial charge in [-0.05, 0) is 35.8 Å². The molecule has 0 saturated carbocycles. The van der Waals surface area contributed by atoms with Crippen LogP contribution in [0.15, 0.2) is 102 Å². The number of amides is 2. The molecule has 0 unspecified atom stereocenters. The number of nitrogens with one attached hydrogen (secondary N) is 1. The van der Waals surface area contributed by atoms with E-state index in [1.807, 2.05) is 66.7 Å². The van der Waals surface area contributed by atoms with Gasteiger partial charge >= 0.3 is 5.97 Å². The van der Waals surface area contributed by atoms with Gasteiger partial charge in [-0.1, -0.05) is 78.9 Å². The van der Waals surface area contributed by atoms with E-state index in [4.69, 9.17) is 14.2 Å². The highest BCUT2D eigenvalue weighted by molar-refractivity contribution is 8.00. The molecular weight excluding hydrogens is 516 g/mol. The van der Waals surface area contributed by atoms with Gasteiger partial charge in [0.05, 0.1) is 0 Å². The number of hydrogen-bond acceptors (Lipinski definition) is 7. The second-order valence-electron chi connectivity index (χ2n) is 9.16. The van der Waals surface area contributed by atoms with E-state index in [2.05, 4.69) is 5.32 Å². The lowest BCUT2D eigenvalue weighted by molar-refractivity contribution is -0.193. The molecule has 2 aliphatic rings. The number of benzene rings is 3. The van der Waals surface area contributed by atoms with Gasteiger partial charge in [-0.25, -0.2) is 4.79 Å². The monoisotopic (exact) mass is 544 g/mol. The van der Waals surface area contributed by atoms with Crippen LogP contribution in [0, 0.1) is 0 Å². The summed E-state index contributed by atoms with van der Waals surface area (Å²) in [7, 11) is 1.36. The number of esters is 1. The maximum absolute atomic E-state index is 13.7. The smallest absolute Gasteiger partial charge is 0.356 e. The standard InChI is InChI=1S/C30H28N2O6S/c1-20-19-39-29-30(36-2,31-24(33)18-37-23-16-10-5-11-17-23)28(35)32(29)25(20)27(34)38-26(21-12-6-3-7-13-21)22-14-8-4-9-15-22/h3-17,26,29H,18-19H2,1-2H3,(H,31,33)/t29-,30+/m1/s1. The van der Waals surface area contributed by atoms with Crippen LogP contribution in [0.5, 0.6) is 5.75 Å². The third kappa shape index (κ3) is 5.15. The minimum Gasteiger partial charge on any atom is -0.484 e. The third-order valence-electron chi connectivity index (χ3n) is 6.60. The summed E-state index contributed by atoms with van der Waals surface area (Å²) < 4.78 is 17.2. The van der Waals surface area contributed by atoms with Crippen LogP contribution in [0.4, 0.5) is 0 Å². The molecule has 2 amide bonds. The van der Waals surface area contributed by atoms with Crippen molar-refractivity contribution in [1.29, 1.82) is 0 Å². The highest BCUT2D eigenvalue weighted by Crippen LogP contribution is 2.47. The van der Waals surface area contributed by atoms with Crippen molar-refractivity contribution in [3.8, 4) is 5.75 Å². The first kappa shape index (κ1) is 26.5. The zero-order chi connectivity index (χ0) is 27.4. The number of thioether (sulfide) groups is 1. The number of methoxy groups -OCH3 is 1. The molecule has 2 atom stereocenters. The minimum absolute atomic E-state index is 0.170. The predicted molar refractivity (Wildman–Crippen MR) is 146 cm³/mol. The number of nitrogens with zero attached hydrogens (tertiary/aromatic N) is 1. The lowest BCUT2D eigenvalue weighted by Crippen LogP contribution is -2.80. The molecule has 2 heterocycles. The van der Waals surface area contributed by atoms with Crippen LogP contribution >= 0.6 is 11.8 Å². The zero-order valence-electron chi connectivity index (χ0n) is 21.5. The van der Waals surface area contributed by atoms with Crippen LogP contribution in [0.1, 0.15) is 24.2 Å². The predicted octanol–water partition coefficient (Wildman–Crippen LogP) is 4.05. The maximum Gasteiger partial charge on any atom is 0.356 e. The number of fused-ring (bicyclic) bond motifs is 1. The molecule has 3 aromatic carbocycles. The number of β-lactam (4-membered cyclic amide) rings is 1. The number of para-hydroxylation sites is 1. The van der Waals surface area contributed by atoms with Crippen LogP contribution < -0.4 is 10.1 Å². The van der Waals surface area contributed by atoms with E-state index in [0.29, 0.717) is 17.1 Å². The molecule has 0 spiro atoms. The van der Waals surface area contributed by atoms with Crippen molar-refractivity contribution in [2.45, 2.75) is 24.1 Å². The van der Waals surface area contributed by atoms with E-state index in [-0.39, 0.29) is 12.3 Å². The second kappa shape index (κ2) is 11.3. The molecule has 39 heavy (non-hydrogen) atoms. The first-order chi connectivity index (χ1) is 18.9. The molecule has 0 aliphatic carbocycles. The Kier molecular flexibility index (Phi) is 7.72. The van der Waals surface area contributed by atoms with Gasteiger partial charge < -0.3 is 19.5 Å².